The first-order valence-electron chi connectivity index (χ1n) is 12.0. The van der Waals surface area contributed by atoms with Gasteiger partial charge in [-0.15, -0.1) is 0 Å². The second kappa shape index (κ2) is 13.3. The van der Waals surface area contributed by atoms with Gasteiger partial charge in [-0.2, -0.15) is 4.68 Å². The minimum absolute atomic E-state index is 0.103. The van der Waals surface area contributed by atoms with Crippen LogP contribution in [0.2, 0.25) is 5.02 Å². The fourth-order valence-corrected chi connectivity index (χ4v) is 4.82. The van der Waals surface area contributed by atoms with E-state index in [4.69, 9.17) is 21.3 Å². The summed E-state index contributed by atoms with van der Waals surface area (Å²) in [5.41, 5.74) is 5.51. The van der Waals surface area contributed by atoms with Crippen molar-refractivity contribution < 1.29 is 31.6 Å². The summed E-state index contributed by atoms with van der Waals surface area (Å²) in [6.07, 6.45) is 1.14. The van der Waals surface area contributed by atoms with E-state index in [0.29, 0.717) is 42.3 Å². The van der Waals surface area contributed by atoms with Gasteiger partial charge < -0.3 is 5.32 Å². The van der Waals surface area contributed by atoms with Gasteiger partial charge in [0.2, 0.25) is 11.8 Å². The van der Waals surface area contributed by atoms with Gasteiger partial charge in [-0.3, -0.25) is 14.5 Å². The number of likely N-dealkylation sites (tertiary alicyclic amines) is 1. The number of aromatic nitrogens is 2. The van der Waals surface area contributed by atoms with Crippen LogP contribution in [0, 0.1) is 6.92 Å². The summed E-state index contributed by atoms with van der Waals surface area (Å²) >= 11 is 7.60. The maximum absolute atomic E-state index is 12.1. The number of carbonyl (C=O) groups is 2. The summed E-state index contributed by atoms with van der Waals surface area (Å²) in [5, 5.41) is 13.0. The van der Waals surface area contributed by atoms with Crippen molar-refractivity contribution in [2.45, 2.75) is 33.1 Å². The zero-order valence-electron chi connectivity index (χ0n) is 21.6. The van der Waals surface area contributed by atoms with E-state index in [0.717, 1.165) is 51.9 Å². The van der Waals surface area contributed by atoms with Gasteiger partial charge >= 0.3 is 32.8 Å². The number of anilines is 1. The number of amides is 2. The van der Waals surface area contributed by atoms with Crippen LogP contribution < -0.4 is 10.00 Å². The van der Waals surface area contributed by atoms with Crippen LogP contribution in [0.25, 0.3) is 11.3 Å². The van der Waals surface area contributed by atoms with Crippen molar-refractivity contribution in [2.75, 3.05) is 18.4 Å². The monoisotopic (exact) mass is 592 g/mol. The summed E-state index contributed by atoms with van der Waals surface area (Å²) in [4.78, 5) is 25.5. The SMILES string of the molecule is CCNc1ccc(N=Nc2c(Cl)c(-c3ccccc3)n(C)[n+]2C)c(C)c1CCN1C(=O)CCC1=O.[Cl][Zn-]. The third kappa shape index (κ3) is 6.28. The molecule has 192 valence electrons. The quantitative estimate of drug-likeness (QED) is 0.157. The van der Waals surface area contributed by atoms with E-state index in [1.165, 1.54) is 4.90 Å². The fraction of sp³-hybridized carbons (Fsp3) is 0.346. The molecule has 37 heavy (non-hydrogen) atoms. The molecule has 0 radical (unpaired) electrons. The maximum atomic E-state index is 12.1. The average Bonchev–Trinajstić information content (AvgIpc) is 3.34. The van der Waals surface area contributed by atoms with Crippen molar-refractivity contribution in [2.24, 2.45) is 24.3 Å². The Kier molecular flexibility index (Phi) is 10.4. The number of hydrogen-bond acceptors (Lipinski definition) is 5. The summed E-state index contributed by atoms with van der Waals surface area (Å²) in [5.74, 6) is 0.348. The number of nitrogens with one attached hydrogen (secondary N) is 1. The number of benzene rings is 2. The van der Waals surface area contributed by atoms with E-state index in [9.17, 15) is 9.59 Å². The first kappa shape index (κ1) is 29.0. The number of nitrogens with zero attached hydrogens (tertiary/aromatic N) is 5. The van der Waals surface area contributed by atoms with Crippen molar-refractivity contribution in [1.29, 1.82) is 0 Å². The first-order valence-corrected chi connectivity index (χ1v) is 16.3. The molecule has 2 heterocycles. The van der Waals surface area contributed by atoms with E-state index < -0.39 is 0 Å². The zero-order chi connectivity index (χ0) is 27.1. The van der Waals surface area contributed by atoms with Gasteiger partial charge in [-0.1, -0.05) is 41.9 Å². The Bertz CT molecular complexity index is 1290. The molecule has 1 aliphatic heterocycles. The molecule has 4 rings (SSSR count). The van der Waals surface area contributed by atoms with E-state index in [1.807, 2.05) is 79.8 Å². The van der Waals surface area contributed by atoms with Gasteiger partial charge in [-0.05, 0) is 48.6 Å². The number of hydrogen-bond donors (Lipinski definition) is 1. The molecule has 1 fully saturated rings. The van der Waals surface area contributed by atoms with Gasteiger partial charge in [0, 0.05) is 44.2 Å². The second-order valence-corrected chi connectivity index (χ2v) is 8.93. The Labute approximate surface area is 236 Å². The van der Waals surface area contributed by atoms with Crippen LogP contribution in [0.3, 0.4) is 0 Å². The molecule has 2 amide bonds. The predicted molar refractivity (Wildman–Crippen MR) is 142 cm³/mol. The fourth-order valence-electron chi connectivity index (χ4n) is 4.43. The second-order valence-electron chi connectivity index (χ2n) is 8.55. The zero-order valence-corrected chi connectivity index (χ0v) is 26.1. The molecule has 3 aromatic rings. The summed E-state index contributed by atoms with van der Waals surface area (Å²) < 4.78 is 3.81. The third-order valence-electron chi connectivity index (χ3n) is 6.46. The first-order chi connectivity index (χ1) is 17.8. The standard InChI is InChI=1S/C26H29ClN6O2.ClH.Zn/c1-5-28-21-12-11-20(17(2)19(21)15-16-33-22(34)13-14-23(33)35)29-30-26-24(27)25(31(3)32(26)4)18-9-7-6-8-10-18;;/h6-12H,5,13-16H2,1-4H3;1H;. The normalized spacial score (nSPS) is 13.3. The van der Waals surface area contributed by atoms with Crippen molar-refractivity contribution >= 4 is 50.3 Å². The molecular formula is C26H30Cl2N6O2Zn. The third-order valence-corrected chi connectivity index (χ3v) is 6.81. The molecule has 0 spiro atoms. The van der Waals surface area contributed by atoms with Crippen LogP contribution >= 0.6 is 21.3 Å². The molecule has 0 bridgehead atoms. The van der Waals surface area contributed by atoms with E-state index in [2.05, 4.69) is 15.5 Å². The molecule has 1 aliphatic rings. The van der Waals surface area contributed by atoms with Gasteiger partial charge in [0.05, 0.1) is 5.11 Å². The summed E-state index contributed by atoms with van der Waals surface area (Å²) in [6, 6.07) is 13.8. The number of rotatable bonds is 8. The predicted octanol–water partition coefficient (Wildman–Crippen LogP) is 5.70. The molecular weight excluding hydrogens is 565 g/mol. The summed E-state index contributed by atoms with van der Waals surface area (Å²) in [7, 11) is 8.59. The molecule has 1 N–H and O–H groups in total. The topological polar surface area (TPSA) is 82.9 Å². The molecule has 0 atom stereocenters. The molecule has 2 aromatic carbocycles. The van der Waals surface area contributed by atoms with E-state index in [1.54, 1.807) is 0 Å². The van der Waals surface area contributed by atoms with Crippen LogP contribution in [-0.4, -0.2) is 34.5 Å². The Balaban J connectivity index is 0.00000186. The molecule has 1 saturated heterocycles. The van der Waals surface area contributed by atoms with Crippen LogP contribution in [0.4, 0.5) is 17.2 Å². The van der Waals surface area contributed by atoms with Crippen molar-refractivity contribution in [3.63, 3.8) is 0 Å². The minimum atomic E-state index is -0.103. The molecule has 0 saturated carbocycles. The van der Waals surface area contributed by atoms with Crippen molar-refractivity contribution in [1.82, 2.24) is 9.58 Å². The molecule has 1 aromatic heterocycles. The number of azo groups is 1. The van der Waals surface area contributed by atoms with E-state index in [-0.39, 0.29) is 11.8 Å². The van der Waals surface area contributed by atoms with Gasteiger partial charge in [0.15, 0.2) is 5.02 Å². The number of imide groups is 1. The van der Waals surface area contributed by atoms with Crippen LogP contribution in [0.1, 0.15) is 30.9 Å². The number of carbonyl (C=O) groups excluding carboxylic acids is 2. The molecule has 0 aliphatic carbocycles. The van der Waals surface area contributed by atoms with Gasteiger partial charge in [0.1, 0.15) is 18.4 Å². The Morgan fingerprint density at radius 2 is 1.70 bits per heavy atom. The van der Waals surface area contributed by atoms with Crippen LogP contribution in [0.15, 0.2) is 52.7 Å². The van der Waals surface area contributed by atoms with Crippen molar-refractivity contribution in [3.05, 3.63) is 58.6 Å². The van der Waals surface area contributed by atoms with Gasteiger partial charge in [0.25, 0.3) is 0 Å². The van der Waals surface area contributed by atoms with Crippen LogP contribution in [-0.2, 0) is 47.4 Å². The molecule has 11 heteroatoms. The Morgan fingerprint density at radius 3 is 2.32 bits per heavy atom. The molecule has 0 unspecified atom stereocenters. The Hall–Kier alpha value is -2.61. The van der Waals surface area contributed by atoms with Gasteiger partial charge in [-0.25, -0.2) is 4.68 Å². The van der Waals surface area contributed by atoms with Crippen molar-refractivity contribution in [3.8, 4) is 11.3 Å². The average molecular weight is 595 g/mol. The van der Waals surface area contributed by atoms with Crippen LogP contribution in [0.5, 0.6) is 0 Å². The summed E-state index contributed by atoms with van der Waals surface area (Å²) in [6.45, 7) is 5.13. The molecule has 8 nitrogen and oxygen atoms in total. The Morgan fingerprint density at radius 1 is 1.05 bits per heavy atom. The van der Waals surface area contributed by atoms with E-state index >= 15 is 0 Å². The number of halogens is 2.